The summed E-state index contributed by atoms with van der Waals surface area (Å²) in [5.41, 5.74) is 8.21. The maximum Gasteiger partial charge on any atom is 0.325 e. The number of benzene rings is 1. The Balaban J connectivity index is 0.00000220. The predicted molar refractivity (Wildman–Crippen MR) is 91.1 cm³/mol. The van der Waals surface area contributed by atoms with E-state index in [9.17, 15) is 4.79 Å². The molecule has 0 atom stereocenters. The van der Waals surface area contributed by atoms with E-state index in [0.29, 0.717) is 5.75 Å². The molecule has 21 heavy (non-hydrogen) atoms. The molecule has 0 unspecified atom stereocenters. The molecule has 0 radical (unpaired) electrons. The summed E-state index contributed by atoms with van der Waals surface area (Å²) in [6.45, 7) is 3.74. The Morgan fingerprint density at radius 2 is 1.95 bits per heavy atom. The van der Waals surface area contributed by atoms with Gasteiger partial charge in [-0.05, 0) is 60.2 Å². The summed E-state index contributed by atoms with van der Waals surface area (Å²) < 4.78 is 5.24. The molecule has 1 aromatic carbocycles. The van der Waals surface area contributed by atoms with E-state index in [0.717, 1.165) is 16.7 Å². The van der Waals surface area contributed by atoms with Crippen molar-refractivity contribution in [2.24, 2.45) is 5.73 Å². The molecule has 5 heteroatoms. The Morgan fingerprint density at radius 3 is 2.48 bits per heavy atom. The van der Waals surface area contributed by atoms with E-state index in [1.165, 1.54) is 4.88 Å². The van der Waals surface area contributed by atoms with Gasteiger partial charge in [0.25, 0.3) is 0 Å². The minimum Gasteiger partial charge on any atom is -0.425 e. The van der Waals surface area contributed by atoms with Crippen molar-refractivity contribution in [1.29, 1.82) is 0 Å². The molecule has 2 rings (SSSR count). The van der Waals surface area contributed by atoms with Gasteiger partial charge >= 0.3 is 5.97 Å². The molecule has 0 saturated carbocycles. The highest BCUT2D eigenvalue weighted by molar-refractivity contribution is 7.10. The molecule has 0 aliphatic heterocycles. The van der Waals surface area contributed by atoms with Gasteiger partial charge < -0.3 is 10.5 Å². The number of nitrogens with two attached hydrogens (primary N) is 1. The van der Waals surface area contributed by atoms with E-state index < -0.39 is 5.97 Å². The van der Waals surface area contributed by atoms with E-state index in [-0.39, 0.29) is 19.0 Å². The lowest BCUT2D eigenvalue weighted by atomic mass is 10.1. The molecular formula is C16H18ClNO2S. The second-order valence-electron chi connectivity index (χ2n) is 4.51. The van der Waals surface area contributed by atoms with E-state index >= 15 is 0 Å². The van der Waals surface area contributed by atoms with E-state index in [4.69, 9.17) is 10.5 Å². The molecule has 1 aromatic heterocycles. The van der Waals surface area contributed by atoms with Crippen LogP contribution >= 0.6 is 23.7 Å². The normalized spacial score (nSPS) is 10.4. The highest BCUT2D eigenvalue weighted by Gasteiger charge is 2.09. The van der Waals surface area contributed by atoms with Gasteiger partial charge in [0.1, 0.15) is 5.75 Å². The number of aryl methyl sites for hydroxylation is 2. The molecule has 3 nitrogen and oxygen atoms in total. The van der Waals surface area contributed by atoms with Gasteiger partial charge in [-0.1, -0.05) is 12.1 Å². The van der Waals surface area contributed by atoms with Gasteiger partial charge in [0.15, 0.2) is 0 Å². The van der Waals surface area contributed by atoms with Crippen LogP contribution < -0.4 is 10.5 Å². The Kier molecular flexibility index (Phi) is 6.62. The van der Waals surface area contributed by atoms with Crippen molar-refractivity contribution < 1.29 is 9.53 Å². The molecule has 2 N–H and O–H groups in total. The third kappa shape index (κ3) is 4.70. The Labute approximate surface area is 134 Å². The average molecular weight is 324 g/mol. The molecule has 2 aromatic rings. The van der Waals surface area contributed by atoms with E-state index in [1.54, 1.807) is 11.3 Å². The minimum atomic E-state index is -0.418. The highest BCUT2D eigenvalue weighted by atomic mass is 35.5. The molecule has 0 saturated heterocycles. The lowest BCUT2D eigenvalue weighted by Crippen LogP contribution is -2.20. The molecule has 0 fully saturated rings. The van der Waals surface area contributed by atoms with Crippen LogP contribution in [0.3, 0.4) is 0 Å². The predicted octanol–water partition coefficient (Wildman–Crippen LogP) is 3.82. The fourth-order valence-electron chi connectivity index (χ4n) is 1.96. The number of thiophene rings is 1. The number of carbonyl (C=O) groups excluding carboxylic acids is 1. The van der Waals surface area contributed by atoms with Crippen LogP contribution in [-0.4, -0.2) is 12.5 Å². The van der Waals surface area contributed by atoms with Gasteiger partial charge in [0.2, 0.25) is 0 Å². The van der Waals surface area contributed by atoms with E-state index in [1.807, 2.05) is 37.4 Å². The van der Waals surface area contributed by atoms with Crippen LogP contribution in [0.2, 0.25) is 0 Å². The van der Waals surface area contributed by atoms with Crippen molar-refractivity contribution in [1.82, 2.24) is 0 Å². The Hall–Kier alpha value is -1.62. The second-order valence-corrected chi connectivity index (χ2v) is 5.49. The number of rotatable bonds is 4. The highest BCUT2D eigenvalue weighted by Crippen LogP contribution is 2.26. The number of carbonyl (C=O) groups is 1. The minimum absolute atomic E-state index is 0. The molecule has 112 valence electrons. The van der Waals surface area contributed by atoms with Gasteiger partial charge in [-0.3, -0.25) is 4.79 Å². The van der Waals surface area contributed by atoms with Crippen LogP contribution in [0.15, 0.2) is 29.6 Å². The van der Waals surface area contributed by atoms with Crippen molar-refractivity contribution in [3.05, 3.63) is 51.2 Å². The van der Waals surface area contributed by atoms with Crippen LogP contribution in [0.4, 0.5) is 0 Å². The smallest absolute Gasteiger partial charge is 0.325 e. The molecular weight excluding hydrogens is 306 g/mol. The number of esters is 1. The lowest BCUT2D eigenvalue weighted by Gasteiger charge is -2.11. The fraction of sp³-hybridized carbons (Fsp3) is 0.188. The van der Waals surface area contributed by atoms with E-state index in [2.05, 4.69) is 18.2 Å². The summed E-state index contributed by atoms with van der Waals surface area (Å²) in [4.78, 5) is 12.5. The molecule has 0 aliphatic rings. The first-order chi connectivity index (χ1) is 9.60. The summed E-state index contributed by atoms with van der Waals surface area (Å²) in [6, 6.07) is 8.08. The van der Waals surface area contributed by atoms with Crippen molar-refractivity contribution in [2.75, 3.05) is 6.54 Å². The van der Waals surface area contributed by atoms with Crippen molar-refractivity contribution in [2.45, 2.75) is 13.8 Å². The van der Waals surface area contributed by atoms with Crippen LogP contribution in [-0.2, 0) is 4.79 Å². The van der Waals surface area contributed by atoms with Gasteiger partial charge in [-0.15, -0.1) is 23.7 Å². The fourth-order valence-corrected chi connectivity index (χ4v) is 2.58. The molecule has 0 amide bonds. The first-order valence-electron chi connectivity index (χ1n) is 6.33. The standard InChI is InChI=1S/C16H17NO2S.ClH/c1-11-8-13(5-6-14-4-3-7-20-14)9-12(2)16(11)19-15(18)10-17;/h3-9H,10,17H2,1-2H3;1H/b6-5+;. The SMILES string of the molecule is Cc1cc(/C=C/c2cccs2)cc(C)c1OC(=O)CN.Cl. The monoisotopic (exact) mass is 323 g/mol. The average Bonchev–Trinajstić information content (AvgIpc) is 2.93. The number of hydrogen-bond donors (Lipinski definition) is 1. The second kappa shape index (κ2) is 7.98. The largest absolute Gasteiger partial charge is 0.425 e. The van der Waals surface area contributed by atoms with Crippen LogP contribution in [0, 0.1) is 13.8 Å². The lowest BCUT2D eigenvalue weighted by molar-refractivity contribution is -0.132. The topological polar surface area (TPSA) is 52.3 Å². The van der Waals surface area contributed by atoms with Crippen molar-refractivity contribution in [3.63, 3.8) is 0 Å². The summed E-state index contributed by atoms with van der Waals surface area (Å²) in [5.74, 6) is 0.187. The molecule has 0 aliphatic carbocycles. The molecule has 0 bridgehead atoms. The number of hydrogen-bond acceptors (Lipinski definition) is 4. The Morgan fingerprint density at radius 1 is 1.29 bits per heavy atom. The summed E-state index contributed by atoms with van der Waals surface area (Å²) >= 11 is 1.70. The van der Waals surface area contributed by atoms with Gasteiger partial charge in [-0.2, -0.15) is 0 Å². The molecule has 0 spiro atoms. The maximum atomic E-state index is 11.3. The summed E-state index contributed by atoms with van der Waals surface area (Å²) in [5, 5.41) is 2.05. The summed E-state index contributed by atoms with van der Waals surface area (Å²) in [6.07, 6.45) is 4.13. The quantitative estimate of drug-likeness (QED) is 0.687. The van der Waals surface area contributed by atoms with Gasteiger partial charge in [-0.25, -0.2) is 0 Å². The Bertz CT molecular complexity index is 613. The maximum absolute atomic E-state index is 11.3. The van der Waals surface area contributed by atoms with Crippen LogP contribution in [0.25, 0.3) is 12.2 Å². The van der Waals surface area contributed by atoms with Gasteiger partial charge in [0, 0.05) is 4.88 Å². The van der Waals surface area contributed by atoms with Crippen molar-refractivity contribution >= 4 is 41.9 Å². The first-order valence-corrected chi connectivity index (χ1v) is 7.21. The zero-order valence-corrected chi connectivity index (χ0v) is 13.6. The number of halogens is 1. The summed E-state index contributed by atoms with van der Waals surface area (Å²) in [7, 11) is 0. The number of ether oxygens (including phenoxy) is 1. The zero-order chi connectivity index (χ0) is 14.5. The third-order valence-corrected chi connectivity index (χ3v) is 3.69. The first kappa shape index (κ1) is 17.4. The van der Waals surface area contributed by atoms with Crippen LogP contribution in [0.1, 0.15) is 21.6 Å². The molecule has 1 heterocycles. The third-order valence-electron chi connectivity index (χ3n) is 2.85. The van der Waals surface area contributed by atoms with Crippen molar-refractivity contribution in [3.8, 4) is 5.75 Å². The van der Waals surface area contributed by atoms with Gasteiger partial charge in [0.05, 0.1) is 6.54 Å². The zero-order valence-electron chi connectivity index (χ0n) is 12.0. The van der Waals surface area contributed by atoms with Crippen LogP contribution in [0.5, 0.6) is 5.75 Å².